The monoisotopic (exact) mass is 147 g/mol. The largest absolute Gasteiger partial charge is 0.344 e. The third-order valence-corrected chi connectivity index (χ3v) is 0.537. The van der Waals surface area contributed by atoms with Crippen molar-refractivity contribution in [2.45, 2.75) is 0 Å². The van der Waals surface area contributed by atoms with Crippen molar-refractivity contribution in [1.29, 1.82) is 0 Å². The Balaban J connectivity index is 0.000000810. The standard InChI is InChI=1S/CH2N6O2.H3N/c8-7(9)4-1-2-5-6-3-1;/h(H2,2,3,4,5,6);1H3. The zero-order valence-corrected chi connectivity index (χ0v) is 4.81. The first-order valence-corrected chi connectivity index (χ1v) is 1.93. The van der Waals surface area contributed by atoms with Gasteiger partial charge in [0.1, 0.15) is 0 Å². The van der Waals surface area contributed by atoms with Crippen molar-refractivity contribution in [3.8, 4) is 0 Å². The van der Waals surface area contributed by atoms with Gasteiger partial charge in [0, 0.05) is 0 Å². The number of nitrogens with zero attached hydrogens (tertiary/aromatic N) is 4. The van der Waals surface area contributed by atoms with E-state index >= 15 is 0 Å². The molecule has 0 saturated carbocycles. The van der Waals surface area contributed by atoms with Crippen LogP contribution in [0.25, 0.3) is 0 Å². The Hall–Kier alpha value is -1.77. The molecule has 0 bridgehead atoms. The fraction of sp³-hybridized carbons (Fsp3) is 0. The van der Waals surface area contributed by atoms with Crippen molar-refractivity contribution >= 4 is 5.95 Å². The SMILES string of the molecule is N.O=[N+]([O-])Nc1nn[nH]n1. The van der Waals surface area contributed by atoms with Gasteiger partial charge in [-0.2, -0.15) is 5.21 Å². The summed E-state index contributed by atoms with van der Waals surface area (Å²) in [4.78, 5) is 9.64. The minimum atomic E-state index is -0.773. The first-order chi connectivity index (χ1) is 4.29. The Morgan fingerprint density at radius 3 is 2.80 bits per heavy atom. The number of hydrogen-bond acceptors (Lipinski definition) is 6. The van der Waals surface area contributed by atoms with Crippen molar-refractivity contribution < 1.29 is 5.03 Å². The van der Waals surface area contributed by atoms with E-state index in [1.807, 2.05) is 0 Å². The average molecular weight is 147 g/mol. The molecular weight excluding hydrogens is 142 g/mol. The molecule has 5 N–H and O–H groups in total. The number of aromatic nitrogens is 4. The molecule has 0 atom stereocenters. The van der Waals surface area contributed by atoms with Crippen LogP contribution in [0.1, 0.15) is 0 Å². The number of H-pyrrole nitrogens is 1. The summed E-state index contributed by atoms with van der Waals surface area (Å²) in [5.74, 6) is -0.153. The molecule has 0 spiro atoms. The molecule has 0 radical (unpaired) electrons. The fourth-order valence-corrected chi connectivity index (χ4v) is 0.291. The average Bonchev–Trinajstić information content (AvgIpc) is 2.15. The Morgan fingerprint density at radius 1 is 1.70 bits per heavy atom. The van der Waals surface area contributed by atoms with Crippen molar-refractivity contribution in [2.24, 2.45) is 0 Å². The molecule has 1 heterocycles. The van der Waals surface area contributed by atoms with E-state index in [1.165, 1.54) is 0 Å². The fourth-order valence-electron chi connectivity index (χ4n) is 0.291. The highest BCUT2D eigenvalue weighted by Crippen LogP contribution is 1.86. The Bertz CT molecular complexity index is 191. The highest BCUT2D eigenvalue weighted by Gasteiger charge is 2.00. The quantitative estimate of drug-likeness (QED) is 0.358. The van der Waals surface area contributed by atoms with Gasteiger partial charge >= 0.3 is 5.95 Å². The second kappa shape index (κ2) is 3.29. The van der Waals surface area contributed by atoms with Crippen molar-refractivity contribution in [3.63, 3.8) is 0 Å². The zero-order valence-electron chi connectivity index (χ0n) is 4.81. The van der Waals surface area contributed by atoms with E-state index in [4.69, 9.17) is 0 Å². The van der Waals surface area contributed by atoms with E-state index in [0.29, 0.717) is 0 Å². The van der Waals surface area contributed by atoms with E-state index in [0.717, 1.165) is 0 Å². The summed E-state index contributed by atoms with van der Waals surface area (Å²) in [5, 5.41) is 20.5. The molecule has 0 unspecified atom stereocenters. The predicted molar refractivity (Wildman–Crippen MR) is 29.8 cm³/mol. The number of nitro groups is 1. The predicted octanol–water partition coefficient (Wildman–Crippen LogP) is -1.03. The minimum Gasteiger partial charge on any atom is -0.344 e. The number of hydrazine groups is 1. The number of nitrogens with one attached hydrogen (secondary N) is 2. The van der Waals surface area contributed by atoms with Crippen molar-refractivity contribution in [2.75, 3.05) is 5.43 Å². The van der Waals surface area contributed by atoms with E-state index in [2.05, 4.69) is 20.6 Å². The lowest BCUT2D eigenvalue weighted by molar-refractivity contribution is -0.446. The maximum atomic E-state index is 9.64. The third kappa shape index (κ3) is 2.00. The highest BCUT2D eigenvalue weighted by atomic mass is 16.7. The Kier molecular flexibility index (Phi) is 2.71. The van der Waals surface area contributed by atoms with Crippen LogP contribution in [-0.2, 0) is 0 Å². The lowest BCUT2D eigenvalue weighted by Crippen LogP contribution is -2.08. The van der Waals surface area contributed by atoms with Crippen LogP contribution in [0.15, 0.2) is 0 Å². The van der Waals surface area contributed by atoms with Gasteiger partial charge in [0.15, 0.2) is 5.03 Å². The Labute approximate surface area is 54.5 Å². The summed E-state index contributed by atoms with van der Waals surface area (Å²) in [6, 6.07) is 0. The van der Waals surface area contributed by atoms with Crippen molar-refractivity contribution in [3.05, 3.63) is 10.1 Å². The molecule has 1 aromatic rings. The molecule has 0 amide bonds. The third-order valence-electron chi connectivity index (χ3n) is 0.537. The summed E-state index contributed by atoms with van der Waals surface area (Å²) < 4.78 is 0. The van der Waals surface area contributed by atoms with Crippen LogP contribution >= 0.6 is 0 Å². The molecule has 1 aromatic heterocycles. The second-order valence-electron chi connectivity index (χ2n) is 1.10. The topological polar surface area (TPSA) is 145 Å². The van der Waals surface area contributed by atoms with E-state index < -0.39 is 5.03 Å². The van der Waals surface area contributed by atoms with Crippen LogP contribution in [0, 0.1) is 10.1 Å². The molecule has 56 valence electrons. The molecule has 0 aliphatic carbocycles. The van der Waals surface area contributed by atoms with Gasteiger partial charge in [-0.05, 0) is 5.21 Å². The molecule has 0 saturated heterocycles. The lowest BCUT2D eigenvalue weighted by atomic mass is 11.1. The smallest absolute Gasteiger partial charge is 0.323 e. The molecule has 1 rings (SSSR count). The molecule has 9 heteroatoms. The maximum absolute atomic E-state index is 9.64. The van der Waals surface area contributed by atoms with Gasteiger partial charge in [0.2, 0.25) is 0 Å². The van der Waals surface area contributed by atoms with E-state index in [-0.39, 0.29) is 12.1 Å². The summed E-state index contributed by atoms with van der Waals surface area (Å²) >= 11 is 0. The van der Waals surface area contributed by atoms with Crippen LogP contribution in [0.4, 0.5) is 5.95 Å². The van der Waals surface area contributed by atoms with Crippen LogP contribution in [0.2, 0.25) is 0 Å². The van der Waals surface area contributed by atoms with Crippen molar-refractivity contribution in [1.82, 2.24) is 26.8 Å². The number of hydrogen-bond donors (Lipinski definition) is 3. The summed E-state index contributed by atoms with van der Waals surface area (Å²) in [6.07, 6.45) is 0. The van der Waals surface area contributed by atoms with Gasteiger partial charge < -0.3 is 6.15 Å². The summed E-state index contributed by atoms with van der Waals surface area (Å²) in [7, 11) is 0. The zero-order chi connectivity index (χ0) is 6.69. The normalized spacial score (nSPS) is 8.00. The van der Waals surface area contributed by atoms with Crippen LogP contribution in [0.5, 0.6) is 0 Å². The number of anilines is 1. The van der Waals surface area contributed by atoms with Gasteiger partial charge in [-0.15, -0.1) is 5.10 Å². The first kappa shape index (κ1) is 8.23. The molecule has 0 aliphatic heterocycles. The molecule has 0 aromatic carbocycles. The maximum Gasteiger partial charge on any atom is 0.323 e. The minimum absolute atomic E-state index is 0. The number of tetrazole rings is 1. The van der Waals surface area contributed by atoms with Gasteiger partial charge in [-0.25, -0.2) is 10.1 Å². The molecule has 0 fully saturated rings. The molecule has 10 heavy (non-hydrogen) atoms. The van der Waals surface area contributed by atoms with Gasteiger partial charge in [-0.3, -0.25) is 0 Å². The second-order valence-corrected chi connectivity index (χ2v) is 1.10. The lowest BCUT2D eigenvalue weighted by Gasteiger charge is -1.83. The van der Waals surface area contributed by atoms with Gasteiger partial charge in [0.05, 0.1) is 0 Å². The summed E-state index contributed by atoms with van der Waals surface area (Å²) in [5.41, 5.74) is 1.69. The number of rotatable bonds is 2. The van der Waals surface area contributed by atoms with Gasteiger partial charge in [0.25, 0.3) is 0 Å². The molecular formula is CH5N7O2. The summed E-state index contributed by atoms with van der Waals surface area (Å²) in [6.45, 7) is 0. The molecule has 9 nitrogen and oxygen atoms in total. The van der Waals surface area contributed by atoms with Crippen LogP contribution in [0.3, 0.4) is 0 Å². The van der Waals surface area contributed by atoms with Gasteiger partial charge in [-0.1, -0.05) is 10.5 Å². The first-order valence-electron chi connectivity index (χ1n) is 1.93. The van der Waals surface area contributed by atoms with Crippen LogP contribution in [-0.4, -0.2) is 25.7 Å². The van der Waals surface area contributed by atoms with E-state index in [9.17, 15) is 10.1 Å². The Morgan fingerprint density at radius 2 is 2.40 bits per heavy atom. The van der Waals surface area contributed by atoms with Crippen LogP contribution < -0.4 is 11.6 Å². The number of aromatic amines is 1. The molecule has 0 aliphatic rings. The van der Waals surface area contributed by atoms with E-state index in [1.54, 1.807) is 5.43 Å². The highest BCUT2D eigenvalue weighted by molar-refractivity contribution is 5.12.